The van der Waals surface area contributed by atoms with Gasteiger partial charge in [-0.15, -0.1) is 0 Å². The predicted octanol–water partition coefficient (Wildman–Crippen LogP) is 6.55. The van der Waals surface area contributed by atoms with Crippen molar-refractivity contribution in [2.24, 2.45) is 0 Å². The van der Waals surface area contributed by atoms with Gasteiger partial charge in [0.25, 0.3) is 0 Å². The molecule has 0 saturated carbocycles. The van der Waals surface area contributed by atoms with Crippen LogP contribution in [0.3, 0.4) is 0 Å². The first kappa shape index (κ1) is 49.6. The molecule has 20 heteroatoms. The molecule has 0 aliphatic heterocycles. The van der Waals surface area contributed by atoms with Gasteiger partial charge in [0, 0.05) is 36.7 Å². The molecule has 0 atom stereocenters. The van der Waals surface area contributed by atoms with E-state index in [-0.39, 0.29) is 12.3 Å². The second kappa shape index (κ2) is 28.0. The number of carbonyl (C=O) groups excluding carboxylic acids is 6. The van der Waals surface area contributed by atoms with Gasteiger partial charge in [0.1, 0.15) is 28.2 Å². The Labute approximate surface area is 365 Å². The molecule has 7 aromatic heterocycles. The zero-order valence-corrected chi connectivity index (χ0v) is 36.1. The van der Waals surface area contributed by atoms with Crippen molar-refractivity contribution in [3.05, 3.63) is 154 Å². The lowest BCUT2D eigenvalue weighted by Gasteiger charge is -2.08. The summed E-state index contributed by atoms with van der Waals surface area (Å²) in [4.78, 5) is 96.6. The molecule has 0 saturated heterocycles. The lowest BCUT2D eigenvalue weighted by atomic mass is 10.1. The van der Waals surface area contributed by atoms with Crippen molar-refractivity contribution in [1.82, 2.24) is 49.8 Å². The number of hydrogen-bond donors (Lipinski definition) is 0. The lowest BCUT2D eigenvalue weighted by Crippen LogP contribution is -2.04. The van der Waals surface area contributed by atoms with Gasteiger partial charge < -0.3 is 9.47 Å². The fourth-order valence-electron chi connectivity index (χ4n) is 4.32. The molecule has 0 amide bonds. The van der Waals surface area contributed by atoms with E-state index in [4.69, 9.17) is 28.7 Å². The number of hydrogen-bond acceptors (Lipinski definition) is 18. The Kier molecular flexibility index (Phi) is 22.8. The summed E-state index contributed by atoms with van der Waals surface area (Å²) < 4.78 is 10.9. The minimum atomic E-state index is -0.434. The maximum Gasteiger partial charge on any atom is 0.373 e. The Morgan fingerprint density at radius 2 is 0.918 bits per heavy atom. The number of nitrogens with zero attached hydrogens (tertiary/aromatic N) is 10. The van der Waals surface area contributed by atoms with E-state index < -0.39 is 11.9 Å². The van der Waals surface area contributed by atoms with Crippen LogP contribution in [0, 0.1) is 20.8 Å². The number of halogens is 2. The van der Waals surface area contributed by atoms with Crippen LogP contribution in [-0.4, -0.2) is 88.3 Å². The Hall–Kier alpha value is -7.50. The molecule has 0 aliphatic carbocycles. The van der Waals surface area contributed by atoms with Crippen LogP contribution < -0.4 is 0 Å². The highest BCUT2D eigenvalue weighted by Crippen LogP contribution is 2.24. The quantitative estimate of drug-likeness (QED) is 0.101. The summed E-state index contributed by atoms with van der Waals surface area (Å²) in [5, 5.41) is 0. The van der Waals surface area contributed by atoms with E-state index in [9.17, 15) is 9.59 Å². The number of rotatable bonds is 5. The number of aromatic nitrogens is 10. The Morgan fingerprint density at radius 3 is 1.28 bits per heavy atom. The van der Waals surface area contributed by atoms with Crippen molar-refractivity contribution in [2.45, 2.75) is 20.8 Å². The van der Waals surface area contributed by atoms with Gasteiger partial charge in [-0.05, 0) is 130 Å². The van der Waals surface area contributed by atoms with Crippen molar-refractivity contribution < 1.29 is 38.2 Å². The van der Waals surface area contributed by atoms with Gasteiger partial charge in [-0.3, -0.25) is 9.97 Å². The Balaban J connectivity index is 0.000000295. The maximum absolute atomic E-state index is 11.9. The molecule has 61 heavy (non-hydrogen) atoms. The molecule has 7 heterocycles. The van der Waals surface area contributed by atoms with Crippen molar-refractivity contribution in [1.29, 1.82) is 0 Å². The van der Waals surface area contributed by atoms with Gasteiger partial charge in [0.2, 0.25) is 0 Å². The molecule has 7 rings (SSSR count). The zero-order chi connectivity index (χ0) is 45.0. The molecule has 0 fully saturated rings. The monoisotopic (exact) mass is 952 g/mol. The third-order valence-electron chi connectivity index (χ3n) is 6.94. The fourth-order valence-corrected chi connectivity index (χ4v) is 4.97. The van der Waals surface area contributed by atoms with E-state index >= 15 is 0 Å². The summed E-state index contributed by atoms with van der Waals surface area (Å²) in [6, 6.07) is 19.6. The first-order valence-corrected chi connectivity index (χ1v) is 18.6. The number of ether oxygens (including phenoxy) is 2. The molecular weight excluding hydrogens is 920 g/mol. The van der Waals surface area contributed by atoms with Crippen molar-refractivity contribution in [3.8, 4) is 34.2 Å². The molecular formula is C41H34Br2N10O8. The molecule has 7 aromatic rings. The highest BCUT2D eigenvalue weighted by Gasteiger charge is 2.14. The summed E-state index contributed by atoms with van der Waals surface area (Å²) in [7, 11) is 2.69. The Morgan fingerprint density at radius 1 is 0.475 bits per heavy atom. The number of pyridine rings is 4. The summed E-state index contributed by atoms with van der Waals surface area (Å²) in [6.45, 7) is 5.88. The third kappa shape index (κ3) is 18.8. The molecule has 0 spiro atoms. The van der Waals surface area contributed by atoms with Gasteiger partial charge in [-0.1, -0.05) is 0 Å². The van der Waals surface area contributed by atoms with Gasteiger partial charge in [-0.25, -0.2) is 49.5 Å². The highest BCUT2D eigenvalue weighted by atomic mass is 79.9. The molecule has 310 valence electrons. The molecule has 0 bridgehead atoms. The van der Waals surface area contributed by atoms with Crippen molar-refractivity contribution in [3.63, 3.8) is 0 Å². The van der Waals surface area contributed by atoms with Gasteiger partial charge in [0.05, 0.1) is 59.5 Å². The van der Waals surface area contributed by atoms with Crippen LogP contribution >= 0.6 is 31.9 Å². The number of aryl methyl sites for hydroxylation is 3. The van der Waals surface area contributed by atoms with Crippen molar-refractivity contribution in [2.75, 3.05) is 14.2 Å². The van der Waals surface area contributed by atoms with Gasteiger partial charge in [-0.2, -0.15) is 19.2 Å². The van der Waals surface area contributed by atoms with E-state index in [2.05, 4.69) is 81.7 Å². The van der Waals surface area contributed by atoms with E-state index in [1.807, 2.05) is 51.1 Å². The number of methoxy groups -OCH3 is 2. The predicted molar refractivity (Wildman–Crippen MR) is 222 cm³/mol. The van der Waals surface area contributed by atoms with E-state index in [1.54, 1.807) is 67.4 Å². The summed E-state index contributed by atoms with van der Waals surface area (Å²) in [5.41, 5.74) is 7.81. The molecule has 0 aromatic carbocycles. The fraction of sp³-hybridized carbons (Fsp3) is 0.122. The normalized spacial score (nSPS) is 9.16. The van der Waals surface area contributed by atoms with Crippen LogP contribution in [0.2, 0.25) is 0 Å². The second-order valence-corrected chi connectivity index (χ2v) is 12.9. The average Bonchev–Trinajstić information content (AvgIpc) is 3.27. The standard InChI is InChI=1S/C17H14N4O2.C13H11BrN2O2.C5H6N2.C4H3BrN2.2CO2/c1-11-3-6-19-14(7-11)16-9-12(17(22)23-2)8-15(21-16)13-4-5-18-10-20-13;1-8-3-4-15-10(5-8)11-6-9(13(17)18-2)7-12(14)16-11;1-5-2-3-6-4-7-5;5-4-1-2-6-3-7-4;2*2-1-3/h3-10H,1-2H3;3-7H,1-2H3;2-4H,1H3;1-3H;;. The maximum atomic E-state index is 11.9. The second-order valence-electron chi connectivity index (χ2n) is 11.3. The number of carbonyl (C=O) groups is 2. The molecule has 0 N–H and O–H groups in total. The largest absolute Gasteiger partial charge is 0.465 e. The summed E-state index contributed by atoms with van der Waals surface area (Å²) >= 11 is 6.44. The topological polar surface area (TPSA) is 250 Å². The van der Waals surface area contributed by atoms with Crippen LogP contribution in [0.25, 0.3) is 34.2 Å². The van der Waals surface area contributed by atoms with Crippen LogP contribution in [0.1, 0.15) is 37.5 Å². The van der Waals surface area contributed by atoms with Crippen LogP contribution in [0.5, 0.6) is 0 Å². The Bertz CT molecular complexity index is 2460. The molecule has 18 nitrogen and oxygen atoms in total. The number of esters is 2. The summed E-state index contributed by atoms with van der Waals surface area (Å²) in [5.74, 6) is -0.830. The SMILES string of the molecule is Brc1ccncn1.COC(=O)c1cc(-c2ccncn2)nc(-c2cc(C)ccn2)c1.COC(=O)c1cc(Br)nc(-c2cc(C)ccn2)c1.Cc1ccncn1.O=C=O.O=C=O. The first-order chi connectivity index (χ1) is 29.4. The lowest BCUT2D eigenvalue weighted by molar-refractivity contribution is -0.193. The van der Waals surface area contributed by atoms with E-state index in [0.29, 0.717) is 44.2 Å². The van der Waals surface area contributed by atoms with E-state index in [0.717, 1.165) is 27.1 Å². The van der Waals surface area contributed by atoms with Gasteiger partial charge in [0.15, 0.2) is 0 Å². The molecule has 0 aliphatic rings. The van der Waals surface area contributed by atoms with Crippen molar-refractivity contribution >= 4 is 56.1 Å². The minimum absolute atomic E-state index is 0.250. The van der Waals surface area contributed by atoms with Gasteiger partial charge >= 0.3 is 24.2 Å². The minimum Gasteiger partial charge on any atom is -0.465 e. The highest BCUT2D eigenvalue weighted by molar-refractivity contribution is 9.10. The molecule has 0 unspecified atom stereocenters. The summed E-state index contributed by atoms with van der Waals surface area (Å²) in [6.07, 6.45) is 13.4. The molecule has 0 radical (unpaired) electrons. The van der Waals surface area contributed by atoms with Crippen LogP contribution in [0.4, 0.5) is 0 Å². The van der Waals surface area contributed by atoms with Crippen LogP contribution in [-0.2, 0) is 28.7 Å². The average molecular weight is 955 g/mol. The zero-order valence-electron chi connectivity index (χ0n) is 33.0. The first-order valence-electron chi connectivity index (χ1n) is 17.0. The third-order valence-corrected chi connectivity index (χ3v) is 7.81. The van der Waals surface area contributed by atoms with E-state index in [1.165, 1.54) is 33.2 Å². The van der Waals surface area contributed by atoms with Crippen LogP contribution in [0.15, 0.2) is 126 Å². The smallest absolute Gasteiger partial charge is 0.373 e.